The van der Waals surface area contributed by atoms with Crippen LogP contribution >= 0.6 is 0 Å². The number of halogens is 3. The fourth-order valence-electron chi connectivity index (χ4n) is 3.39. The van der Waals surface area contributed by atoms with Crippen molar-refractivity contribution < 1.29 is 23.1 Å². The Labute approximate surface area is 144 Å². The molecule has 140 valence electrons. The van der Waals surface area contributed by atoms with Crippen molar-refractivity contribution in [3.05, 3.63) is 17.2 Å². The largest absolute Gasteiger partial charge is 0.449 e. The minimum atomic E-state index is -4.50. The number of aliphatic hydroxyl groups is 1. The van der Waals surface area contributed by atoms with E-state index in [4.69, 9.17) is 0 Å². The molecule has 2 heterocycles. The van der Waals surface area contributed by atoms with Crippen molar-refractivity contribution in [1.82, 2.24) is 19.8 Å². The Morgan fingerprint density at radius 3 is 2.76 bits per heavy atom. The van der Waals surface area contributed by atoms with Gasteiger partial charge in [0.05, 0.1) is 24.9 Å². The van der Waals surface area contributed by atoms with E-state index in [2.05, 4.69) is 10.3 Å². The number of hydrogen-bond acceptors (Lipinski definition) is 3. The summed E-state index contributed by atoms with van der Waals surface area (Å²) in [5.41, 5.74) is 0.847. The molecule has 0 radical (unpaired) electrons. The number of rotatable bonds is 5. The topological polar surface area (TPSA) is 70.4 Å². The summed E-state index contributed by atoms with van der Waals surface area (Å²) in [6.07, 6.45) is -0.680. The van der Waals surface area contributed by atoms with Crippen LogP contribution in [0.1, 0.15) is 49.8 Å². The van der Waals surface area contributed by atoms with Gasteiger partial charge in [0, 0.05) is 18.3 Å². The number of carbonyl (C=O) groups is 1. The van der Waals surface area contributed by atoms with E-state index in [9.17, 15) is 23.1 Å². The lowest BCUT2D eigenvalue weighted by Gasteiger charge is -2.28. The second-order valence-electron chi connectivity index (χ2n) is 6.76. The van der Waals surface area contributed by atoms with Crippen molar-refractivity contribution in [2.24, 2.45) is 0 Å². The zero-order valence-corrected chi connectivity index (χ0v) is 14.1. The predicted molar refractivity (Wildman–Crippen MR) is 83.8 cm³/mol. The Morgan fingerprint density at radius 2 is 2.16 bits per heavy atom. The van der Waals surface area contributed by atoms with Crippen LogP contribution in [0, 0.1) is 0 Å². The van der Waals surface area contributed by atoms with Gasteiger partial charge in [-0.25, -0.2) is 9.78 Å². The highest BCUT2D eigenvalue weighted by molar-refractivity contribution is 5.75. The van der Waals surface area contributed by atoms with Crippen molar-refractivity contribution in [3.63, 3.8) is 0 Å². The molecule has 0 spiro atoms. The zero-order valence-electron chi connectivity index (χ0n) is 14.1. The highest BCUT2D eigenvalue weighted by Crippen LogP contribution is 2.33. The van der Waals surface area contributed by atoms with E-state index in [1.54, 1.807) is 11.8 Å². The molecule has 1 fully saturated rings. The van der Waals surface area contributed by atoms with Gasteiger partial charge < -0.3 is 19.9 Å². The molecule has 9 heteroatoms. The Balaban J connectivity index is 1.74. The maximum absolute atomic E-state index is 13.2. The molecule has 25 heavy (non-hydrogen) atoms. The number of alkyl halides is 3. The van der Waals surface area contributed by atoms with E-state index < -0.39 is 12.0 Å². The number of aromatic nitrogens is 2. The van der Waals surface area contributed by atoms with Crippen molar-refractivity contribution in [2.75, 3.05) is 6.61 Å². The Morgan fingerprint density at radius 1 is 1.44 bits per heavy atom. The Hall–Kier alpha value is -1.77. The number of aliphatic hydroxyl groups excluding tert-OH is 1. The van der Waals surface area contributed by atoms with Crippen molar-refractivity contribution in [3.8, 4) is 0 Å². The van der Waals surface area contributed by atoms with Crippen LogP contribution in [0.3, 0.4) is 0 Å². The summed E-state index contributed by atoms with van der Waals surface area (Å²) in [6, 6.07) is -0.590. The number of urea groups is 1. The first kappa shape index (κ1) is 18.0. The number of nitrogens with zero attached hydrogens (tertiary/aromatic N) is 3. The van der Waals surface area contributed by atoms with Gasteiger partial charge in [-0.3, -0.25) is 0 Å². The third kappa shape index (κ3) is 3.75. The number of hydrogen-bond donors (Lipinski definition) is 2. The quantitative estimate of drug-likeness (QED) is 0.846. The molecule has 1 unspecified atom stereocenters. The summed E-state index contributed by atoms with van der Waals surface area (Å²) in [6.45, 7) is 1.87. The minimum Gasteiger partial charge on any atom is -0.394 e. The van der Waals surface area contributed by atoms with Crippen LogP contribution in [-0.2, 0) is 25.7 Å². The van der Waals surface area contributed by atoms with Crippen LogP contribution < -0.4 is 5.32 Å². The molecule has 1 aromatic heterocycles. The molecule has 0 saturated heterocycles. The van der Waals surface area contributed by atoms with Crippen LogP contribution in [0.25, 0.3) is 0 Å². The molecule has 0 aromatic carbocycles. The molecule has 6 nitrogen and oxygen atoms in total. The number of imidazole rings is 1. The highest BCUT2D eigenvalue weighted by atomic mass is 19.4. The lowest BCUT2D eigenvalue weighted by Crippen LogP contribution is -2.47. The van der Waals surface area contributed by atoms with E-state index in [-0.39, 0.29) is 37.0 Å². The van der Waals surface area contributed by atoms with Gasteiger partial charge in [-0.2, -0.15) is 13.2 Å². The molecule has 1 aliphatic heterocycles. The van der Waals surface area contributed by atoms with Gasteiger partial charge >= 0.3 is 12.2 Å². The summed E-state index contributed by atoms with van der Waals surface area (Å²) in [5, 5.41) is 12.0. The maximum atomic E-state index is 13.2. The summed E-state index contributed by atoms with van der Waals surface area (Å²) in [4.78, 5) is 17.8. The monoisotopic (exact) mass is 360 g/mol. The standard InChI is InChI=1S/C16H23F3N4O2/c1-10(9-24)23(11-5-6-11)15(25)20-8-12-13-4-2-3-7-22(13)14(21-12)16(17,18)19/h10-11,24H,2-9H2,1H3,(H,20,25). The number of carbonyl (C=O) groups excluding carboxylic acids is 1. The second kappa shape index (κ2) is 6.86. The van der Waals surface area contributed by atoms with Crippen molar-refractivity contribution in [1.29, 1.82) is 0 Å². The SMILES string of the molecule is CC(CO)N(C(=O)NCc1nc(C(F)(F)F)n2c1CCCC2)C1CC1. The fourth-order valence-corrected chi connectivity index (χ4v) is 3.39. The smallest absolute Gasteiger partial charge is 0.394 e. The molecule has 2 N–H and O–H groups in total. The Kier molecular flexibility index (Phi) is 4.95. The molecule has 2 aliphatic rings. The number of amides is 2. The van der Waals surface area contributed by atoms with Crippen LogP contribution in [-0.4, -0.2) is 44.3 Å². The van der Waals surface area contributed by atoms with Crippen LogP contribution in [0.4, 0.5) is 18.0 Å². The average molecular weight is 360 g/mol. The summed E-state index contributed by atoms with van der Waals surface area (Å²) < 4.78 is 40.8. The Bertz CT molecular complexity index is 640. The number of nitrogens with one attached hydrogen (secondary N) is 1. The fraction of sp³-hybridized carbons (Fsp3) is 0.750. The minimum absolute atomic E-state index is 0.0361. The molecule has 1 aliphatic carbocycles. The van der Waals surface area contributed by atoms with E-state index in [1.165, 1.54) is 4.57 Å². The molecule has 1 atom stereocenters. The van der Waals surface area contributed by atoms with Gasteiger partial charge in [-0.1, -0.05) is 0 Å². The maximum Gasteiger partial charge on any atom is 0.449 e. The first-order chi connectivity index (χ1) is 11.8. The second-order valence-corrected chi connectivity index (χ2v) is 6.76. The van der Waals surface area contributed by atoms with Crippen molar-refractivity contribution in [2.45, 2.75) is 70.4 Å². The van der Waals surface area contributed by atoms with Gasteiger partial charge in [0.15, 0.2) is 0 Å². The third-order valence-electron chi connectivity index (χ3n) is 4.78. The van der Waals surface area contributed by atoms with E-state index in [1.807, 2.05) is 0 Å². The van der Waals surface area contributed by atoms with Crippen LogP contribution in [0.15, 0.2) is 0 Å². The number of fused-ring (bicyclic) bond motifs is 1. The predicted octanol–water partition coefficient (Wildman–Crippen LogP) is 2.29. The summed E-state index contributed by atoms with van der Waals surface area (Å²) in [7, 11) is 0. The molecule has 1 aromatic rings. The lowest BCUT2D eigenvalue weighted by atomic mass is 10.1. The molecule has 0 bridgehead atoms. The zero-order chi connectivity index (χ0) is 18.2. The van der Waals surface area contributed by atoms with Gasteiger partial charge in [0.25, 0.3) is 0 Å². The van der Waals surface area contributed by atoms with Gasteiger partial charge in [0.2, 0.25) is 5.82 Å². The van der Waals surface area contributed by atoms with Crippen molar-refractivity contribution >= 4 is 6.03 Å². The lowest BCUT2D eigenvalue weighted by molar-refractivity contribution is -0.147. The first-order valence-electron chi connectivity index (χ1n) is 8.65. The van der Waals surface area contributed by atoms with E-state index in [0.717, 1.165) is 19.3 Å². The van der Waals surface area contributed by atoms with Crippen LogP contribution in [0.2, 0.25) is 0 Å². The van der Waals surface area contributed by atoms with E-state index >= 15 is 0 Å². The van der Waals surface area contributed by atoms with Gasteiger partial charge in [-0.15, -0.1) is 0 Å². The molecule has 1 saturated carbocycles. The average Bonchev–Trinajstić information content (AvgIpc) is 3.32. The highest BCUT2D eigenvalue weighted by Gasteiger charge is 2.40. The molecule has 3 rings (SSSR count). The summed E-state index contributed by atoms with van der Waals surface area (Å²) in [5.74, 6) is -0.880. The van der Waals surface area contributed by atoms with Crippen LogP contribution in [0.5, 0.6) is 0 Å². The van der Waals surface area contributed by atoms with E-state index in [0.29, 0.717) is 25.1 Å². The molecule has 2 amide bonds. The van der Waals surface area contributed by atoms with Gasteiger partial charge in [-0.05, 0) is 39.0 Å². The van der Waals surface area contributed by atoms with Gasteiger partial charge in [0.1, 0.15) is 0 Å². The molecular weight excluding hydrogens is 337 g/mol. The normalized spacial score (nSPS) is 18.6. The molecular formula is C16H23F3N4O2. The first-order valence-corrected chi connectivity index (χ1v) is 8.65. The summed E-state index contributed by atoms with van der Waals surface area (Å²) >= 11 is 0. The third-order valence-corrected chi connectivity index (χ3v) is 4.78.